The van der Waals surface area contributed by atoms with E-state index in [1.807, 2.05) is 62.3 Å². The Morgan fingerprint density at radius 1 is 0.789 bits per heavy atom. The Kier molecular flexibility index (Phi) is 3.90. The van der Waals surface area contributed by atoms with Gasteiger partial charge in [-0.3, -0.25) is 0 Å². The van der Waals surface area contributed by atoms with Crippen LogP contribution < -0.4 is 11.4 Å². The van der Waals surface area contributed by atoms with Gasteiger partial charge in [0.25, 0.3) is 0 Å². The molecule has 0 saturated heterocycles. The van der Waals surface area contributed by atoms with Gasteiger partial charge in [-0.05, 0) is 62.3 Å². The summed E-state index contributed by atoms with van der Waals surface area (Å²) in [7, 11) is 0. The predicted octanol–water partition coefficient (Wildman–Crippen LogP) is 2.83. The van der Waals surface area contributed by atoms with Gasteiger partial charge in [0.2, 0.25) is 0 Å². The summed E-state index contributed by atoms with van der Waals surface area (Å²) in [5, 5.41) is 0. The van der Waals surface area contributed by atoms with E-state index in [1.54, 1.807) is 4.74 Å². The molecular weight excluding hydrogens is 242 g/mol. The van der Waals surface area contributed by atoms with Crippen LogP contribution in [0.3, 0.4) is 0 Å². The van der Waals surface area contributed by atoms with E-state index in [0.29, 0.717) is 5.68 Å². The number of aromatic nitrogens is 1. The van der Waals surface area contributed by atoms with Gasteiger partial charge >= 0.3 is 11.4 Å². The highest BCUT2D eigenvalue weighted by atomic mass is 16.6. The van der Waals surface area contributed by atoms with Crippen LogP contribution in [0.5, 0.6) is 0 Å². The van der Waals surface area contributed by atoms with Gasteiger partial charge in [0.1, 0.15) is 0 Å². The Balaban J connectivity index is 3.56. The largest absolute Gasteiger partial charge is 0.417 e. The number of hydrogen-bond acceptors (Lipinski definition) is 4. The molecule has 0 radical (unpaired) electrons. The van der Waals surface area contributed by atoms with Gasteiger partial charge in [-0.2, -0.15) is 0 Å². The van der Waals surface area contributed by atoms with Crippen molar-refractivity contribution in [3.63, 3.8) is 0 Å². The zero-order valence-corrected chi connectivity index (χ0v) is 13.7. The number of rotatable bonds is 0. The molecule has 0 aliphatic rings. The van der Waals surface area contributed by atoms with Crippen molar-refractivity contribution in [3.8, 4) is 0 Å². The summed E-state index contributed by atoms with van der Waals surface area (Å²) in [5.74, 6) is 0.255. The Morgan fingerprint density at radius 3 is 1.63 bits per heavy atom. The predicted molar refractivity (Wildman–Crippen MR) is 74.6 cm³/mol. The first-order valence-corrected chi connectivity index (χ1v) is 6.64. The second-order valence-corrected chi connectivity index (χ2v) is 7.77. The maximum Gasteiger partial charge on any atom is 0.417 e. The standard InChI is InChI=1S/C14H27N3O2/c1-12(2,3)15-10-17(14(7,8)9)19-11(18-10)16-13(4,5)6/h1-9H3. The second-order valence-electron chi connectivity index (χ2n) is 7.77. The summed E-state index contributed by atoms with van der Waals surface area (Å²) in [6.07, 6.45) is 0. The molecule has 1 heterocycles. The van der Waals surface area contributed by atoms with E-state index < -0.39 is 0 Å². The molecule has 0 fully saturated rings. The minimum atomic E-state index is -0.254. The summed E-state index contributed by atoms with van der Waals surface area (Å²) >= 11 is 0. The monoisotopic (exact) mass is 269 g/mol. The highest BCUT2D eigenvalue weighted by Gasteiger charge is 2.21. The number of nitrogens with zero attached hydrogens (tertiary/aromatic N) is 3. The van der Waals surface area contributed by atoms with Crippen molar-refractivity contribution >= 4 is 0 Å². The van der Waals surface area contributed by atoms with Crippen molar-refractivity contribution in [2.24, 2.45) is 9.98 Å². The molecule has 19 heavy (non-hydrogen) atoms. The minimum Gasteiger partial charge on any atom is -0.373 e. The van der Waals surface area contributed by atoms with Crippen LogP contribution in [0.15, 0.2) is 18.9 Å². The van der Waals surface area contributed by atoms with Crippen molar-refractivity contribution in [2.75, 3.05) is 0 Å². The summed E-state index contributed by atoms with van der Waals surface area (Å²) in [4.78, 5) is 8.95. The quantitative estimate of drug-likeness (QED) is 0.727. The molecule has 1 aromatic heterocycles. The maximum atomic E-state index is 5.69. The Bertz CT molecular complexity index is 551. The van der Waals surface area contributed by atoms with Gasteiger partial charge in [0.15, 0.2) is 0 Å². The molecule has 110 valence electrons. The molecule has 0 aliphatic carbocycles. The first-order chi connectivity index (χ1) is 8.28. The van der Waals surface area contributed by atoms with Gasteiger partial charge in [0, 0.05) is 0 Å². The molecule has 0 saturated carbocycles. The van der Waals surface area contributed by atoms with Crippen LogP contribution >= 0.6 is 0 Å². The molecule has 0 amide bonds. The normalized spacial score (nSPS) is 16.3. The van der Waals surface area contributed by atoms with E-state index in [-0.39, 0.29) is 22.4 Å². The molecule has 0 unspecified atom stereocenters. The zero-order valence-electron chi connectivity index (χ0n) is 13.7. The van der Waals surface area contributed by atoms with Crippen LogP contribution in [0.1, 0.15) is 62.3 Å². The van der Waals surface area contributed by atoms with Crippen molar-refractivity contribution in [2.45, 2.75) is 78.9 Å². The van der Waals surface area contributed by atoms with Crippen LogP contribution in [0.4, 0.5) is 0 Å². The molecule has 0 spiro atoms. The van der Waals surface area contributed by atoms with E-state index >= 15 is 0 Å². The molecule has 5 heteroatoms. The molecule has 0 bridgehead atoms. The highest BCUT2D eigenvalue weighted by Crippen LogP contribution is 2.11. The fourth-order valence-electron chi connectivity index (χ4n) is 1.35. The molecular formula is C14H27N3O2. The summed E-state index contributed by atoms with van der Waals surface area (Å²) in [6.45, 7) is 18.1. The van der Waals surface area contributed by atoms with Gasteiger partial charge in [0.05, 0.1) is 16.6 Å². The molecule has 0 N–H and O–H groups in total. The molecule has 0 aliphatic heterocycles. The average Bonchev–Trinajstić information content (AvgIpc) is 2.39. The lowest BCUT2D eigenvalue weighted by atomic mass is 10.1. The molecule has 1 aromatic rings. The van der Waals surface area contributed by atoms with Crippen LogP contribution in [-0.4, -0.2) is 15.8 Å². The summed E-state index contributed by atoms with van der Waals surface area (Å²) in [6, 6.07) is 0. The van der Waals surface area contributed by atoms with Crippen molar-refractivity contribution in [1.29, 1.82) is 0 Å². The molecule has 1 rings (SSSR count). The fourth-order valence-corrected chi connectivity index (χ4v) is 1.35. The van der Waals surface area contributed by atoms with Gasteiger partial charge < -0.3 is 8.94 Å². The third kappa shape index (κ3) is 5.09. The minimum absolute atomic E-state index is 0.237. The van der Waals surface area contributed by atoms with E-state index in [1.165, 1.54) is 0 Å². The third-order valence-corrected chi connectivity index (χ3v) is 1.99. The lowest BCUT2D eigenvalue weighted by molar-refractivity contribution is 0.137. The average molecular weight is 269 g/mol. The Morgan fingerprint density at radius 2 is 1.26 bits per heavy atom. The molecule has 0 aromatic carbocycles. The topological polar surface area (TPSA) is 55.9 Å². The Labute approximate surface area is 115 Å². The summed E-state index contributed by atoms with van der Waals surface area (Å²) < 4.78 is 13.0. The van der Waals surface area contributed by atoms with Crippen LogP contribution in [0, 0.1) is 0 Å². The second kappa shape index (κ2) is 4.69. The van der Waals surface area contributed by atoms with E-state index in [9.17, 15) is 0 Å². The van der Waals surface area contributed by atoms with Crippen molar-refractivity contribution < 1.29 is 8.94 Å². The lowest BCUT2D eigenvalue weighted by Crippen LogP contribution is -2.33. The van der Waals surface area contributed by atoms with E-state index in [4.69, 9.17) is 8.94 Å². The zero-order chi connectivity index (χ0) is 15.1. The third-order valence-electron chi connectivity index (χ3n) is 1.99. The van der Waals surface area contributed by atoms with Crippen molar-refractivity contribution in [1.82, 2.24) is 4.74 Å². The fraction of sp³-hybridized carbons (Fsp3) is 0.857. The Hall–Kier alpha value is -1.26. The van der Waals surface area contributed by atoms with E-state index in [0.717, 1.165) is 0 Å². The van der Waals surface area contributed by atoms with Crippen LogP contribution in [0.2, 0.25) is 0 Å². The van der Waals surface area contributed by atoms with Gasteiger partial charge in [-0.15, -0.1) is 4.74 Å². The highest BCUT2D eigenvalue weighted by molar-refractivity contribution is 4.75. The van der Waals surface area contributed by atoms with Crippen LogP contribution in [0.25, 0.3) is 0 Å². The first-order valence-electron chi connectivity index (χ1n) is 6.64. The lowest BCUT2D eigenvalue weighted by Gasteiger charge is -2.17. The van der Waals surface area contributed by atoms with E-state index in [2.05, 4.69) is 9.98 Å². The smallest absolute Gasteiger partial charge is 0.373 e. The molecule has 5 nitrogen and oxygen atoms in total. The first kappa shape index (κ1) is 15.8. The molecule has 0 atom stereocenters. The van der Waals surface area contributed by atoms with Gasteiger partial charge in [-0.1, -0.05) is 0 Å². The summed E-state index contributed by atoms with van der Waals surface area (Å²) in [5.41, 5.74) is -0.280. The van der Waals surface area contributed by atoms with Gasteiger partial charge in [-0.25, -0.2) is 9.98 Å². The van der Waals surface area contributed by atoms with Crippen LogP contribution in [-0.2, 0) is 5.54 Å². The van der Waals surface area contributed by atoms with Crippen molar-refractivity contribution in [3.05, 3.63) is 11.4 Å². The maximum absolute atomic E-state index is 5.69. The number of hydrogen-bond donors (Lipinski definition) is 0. The SMILES string of the molecule is CC(C)(C)N=c1oc(=NC(C)(C)C)n(C(C)(C)C)o1.